The number of carbonyl (C=O) groups excluding carboxylic acids is 1. The summed E-state index contributed by atoms with van der Waals surface area (Å²) in [4.78, 5) is 21.6. The van der Waals surface area contributed by atoms with Gasteiger partial charge in [0.15, 0.2) is 5.96 Å². The van der Waals surface area contributed by atoms with Gasteiger partial charge in [-0.25, -0.2) is 9.18 Å². The van der Waals surface area contributed by atoms with Crippen molar-refractivity contribution in [2.75, 3.05) is 38.0 Å². The van der Waals surface area contributed by atoms with Crippen LogP contribution in [0.15, 0.2) is 59.6 Å². The summed E-state index contributed by atoms with van der Waals surface area (Å²) in [6.07, 6.45) is 2.15. The molecule has 0 aliphatic carbocycles. The molecule has 0 radical (unpaired) electrons. The Kier molecular flexibility index (Phi) is 6.47. The predicted molar refractivity (Wildman–Crippen MR) is 117 cm³/mol. The summed E-state index contributed by atoms with van der Waals surface area (Å²) in [7, 11) is 0. The quantitative estimate of drug-likeness (QED) is 0.794. The first kappa shape index (κ1) is 20.2. The van der Waals surface area contributed by atoms with Crippen molar-refractivity contribution in [3.63, 3.8) is 0 Å². The number of anilines is 1. The maximum absolute atomic E-state index is 13.3. The first-order chi connectivity index (χ1) is 14.7. The number of nitrogens with zero attached hydrogens (tertiary/aromatic N) is 3. The Morgan fingerprint density at radius 1 is 1.13 bits per heavy atom. The van der Waals surface area contributed by atoms with Crippen LogP contribution in [0.3, 0.4) is 0 Å². The van der Waals surface area contributed by atoms with E-state index in [1.807, 2.05) is 6.07 Å². The van der Waals surface area contributed by atoms with Gasteiger partial charge in [0.05, 0.1) is 6.54 Å². The lowest BCUT2D eigenvalue weighted by molar-refractivity contribution is 0.222. The number of guanidine groups is 1. The topological polar surface area (TPSA) is 60.0 Å². The third-order valence-electron chi connectivity index (χ3n) is 5.56. The van der Waals surface area contributed by atoms with Gasteiger partial charge in [0.2, 0.25) is 0 Å². The summed E-state index contributed by atoms with van der Waals surface area (Å²) in [6.45, 7) is 5.11. The second-order valence-corrected chi connectivity index (χ2v) is 7.89. The summed E-state index contributed by atoms with van der Waals surface area (Å²) >= 11 is 0. The van der Waals surface area contributed by atoms with E-state index in [0.717, 1.165) is 51.5 Å². The van der Waals surface area contributed by atoms with Gasteiger partial charge in [0, 0.05) is 38.4 Å². The number of benzene rings is 2. The predicted octanol–water partition coefficient (Wildman–Crippen LogP) is 3.53. The van der Waals surface area contributed by atoms with Gasteiger partial charge in [-0.1, -0.05) is 36.4 Å². The number of urea groups is 1. The second-order valence-electron chi connectivity index (χ2n) is 7.89. The number of halogens is 1. The number of amides is 2. The number of likely N-dealkylation sites (tertiary alicyclic amines) is 1. The third-order valence-corrected chi connectivity index (χ3v) is 5.56. The van der Waals surface area contributed by atoms with E-state index < -0.39 is 0 Å². The van der Waals surface area contributed by atoms with E-state index in [0.29, 0.717) is 18.2 Å². The molecule has 0 saturated carbocycles. The zero-order chi connectivity index (χ0) is 20.8. The summed E-state index contributed by atoms with van der Waals surface area (Å²) < 4.78 is 13.3. The van der Waals surface area contributed by atoms with Gasteiger partial charge >= 0.3 is 6.03 Å². The van der Waals surface area contributed by atoms with Crippen molar-refractivity contribution in [2.45, 2.75) is 19.4 Å². The molecule has 2 aliphatic rings. The summed E-state index contributed by atoms with van der Waals surface area (Å²) in [6, 6.07) is 16.1. The number of hydrogen-bond acceptors (Lipinski definition) is 4. The van der Waals surface area contributed by atoms with E-state index in [9.17, 15) is 9.18 Å². The minimum Gasteiger partial charge on any atom is -0.342 e. The maximum atomic E-state index is 13.3. The molecule has 1 atom stereocenters. The van der Waals surface area contributed by atoms with Gasteiger partial charge in [0.25, 0.3) is 0 Å². The van der Waals surface area contributed by atoms with E-state index in [1.54, 1.807) is 12.1 Å². The zero-order valence-electron chi connectivity index (χ0n) is 17.1. The van der Waals surface area contributed by atoms with E-state index in [-0.39, 0.29) is 11.8 Å². The van der Waals surface area contributed by atoms with Gasteiger partial charge in [-0.3, -0.25) is 4.99 Å². The van der Waals surface area contributed by atoms with Crippen LogP contribution in [0.4, 0.5) is 14.9 Å². The highest BCUT2D eigenvalue weighted by Gasteiger charge is 2.28. The molecule has 158 valence electrons. The first-order valence-corrected chi connectivity index (χ1v) is 10.6. The van der Waals surface area contributed by atoms with Gasteiger partial charge < -0.3 is 20.4 Å². The standard InChI is InChI=1S/C23H28FN5O/c24-20-9-4-10-21(14-20)27-22(30)26-15-19-8-5-12-28(17-19)23-25-11-13-29(23)16-18-6-2-1-3-7-18/h1-4,6-7,9-10,14,19H,5,8,11-13,15-17H2,(H2,26,27,30). The van der Waals surface area contributed by atoms with Crippen molar-refractivity contribution in [2.24, 2.45) is 10.9 Å². The van der Waals surface area contributed by atoms with Crippen molar-refractivity contribution in [3.05, 3.63) is 66.0 Å². The van der Waals surface area contributed by atoms with Crippen LogP contribution < -0.4 is 10.6 Å². The molecule has 1 fully saturated rings. The lowest BCUT2D eigenvalue weighted by atomic mass is 9.98. The Morgan fingerprint density at radius 3 is 2.83 bits per heavy atom. The van der Waals surface area contributed by atoms with Crippen molar-refractivity contribution >= 4 is 17.7 Å². The Morgan fingerprint density at radius 2 is 2.00 bits per heavy atom. The molecular formula is C23H28FN5O. The monoisotopic (exact) mass is 409 g/mol. The van der Waals surface area contributed by atoms with Crippen molar-refractivity contribution in [1.82, 2.24) is 15.1 Å². The van der Waals surface area contributed by atoms with Crippen LogP contribution in [-0.2, 0) is 6.54 Å². The minimum absolute atomic E-state index is 0.304. The van der Waals surface area contributed by atoms with E-state index >= 15 is 0 Å². The highest BCUT2D eigenvalue weighted by atomic mass is 19.1. The fraction of sp³-hybridized carbons (Fsp3) is 0.391. The number of aliphatic imine (C=N–C) groups is 1. The van der Waals surface area contributed by atoms with Gasteiger partial charge in [-0.2, -0.15) is 0 Å². The number of nitrogens with one attached hydrogen (secondary N) is 2. The third kappa shape index (κ3) is 5.28. The number of rotatable bonds is 5. The molecule has 1 saturated heterocycles. The molecule has 0 bridgehead atoms. The molecule has 2 amide bonds. The molecule has 2 aromatic rings. The largest absolute Gasteiger partial charge is 0.342 e. The molecule has 1 unspecified atom stereocenters. The van der Waals surface area contributed by atoms with Gasteiger partial charge in [-0.15, -0.1) is 0 Å². The highest BCUT2D eigenvalue weighted by Crippen LogP contribution is 2.20. The molecule has 0 aromatic heterocycles. The van der Waals surface area contributed by atoms with Crippen LogP contribution in [0, 0.1) is 11.7 Å². The van der Waals surface area contributed by atoms with Crippen molar-refractivity contribution < 1.29 is 9.18 Å². The molecule has 2 aliphatic heterocycles. The van der Waals surface area contributed by atoms with Crippen molar-refractivity contribution in [3.8, 4) is 0 Å². The minimum atomic E-state index is -0.367. The van der Waals surface area contributed by atoms with Gasteiger partial charge in [0.1, 0.15) is 5.82 Å². The first-order valence-electron chi connectivity index (χ1n) is 10.6. The maximum Gasteiger partial charge on any atom is 0.319 e. The summed E-state index contributed by atoms with van der Waals surface area (Å²) in [5.74, 6) is 1.07. The van der Waals surface area contributed by atoms with Crippen LogP contribution in [0.1, 0.15) is 18.4 Å². The van der Waals surface area contributed by atoms with E-state index in [2.05, 4.69) is 44.7 Å². The molecule has 7 heteroatoms. The molecule has 0 spiro atoms. The Labute approximate surface area is 176 Å². The Bertz CT molecular complexity index is 888. The molecule has 2 heterocycles. The smallest absolute Gasteiger partial charge is 0.319 e. The molecule has 30 heavy (non-hydrogen) atoms. The molecule has 4 rings (SSSR count). The van der Waals surface area contributed by atoms with Crippen molar-refractivity contribution in [1.29, 1.82) is 0 Å². The van der Waals surface area contributed by atoms with E-state index in [4.69, 9.17) is 4.99 Å². The van der Waals surface area contributed by atoms with Crippen LogP contribution in [-0.4, -0.2) is 54.5 Å². The highest BCUT2D eigenvalue weighted by molar-refractivity contribution is 5.89. The molecule has 6 nitrogen and oxygen atoms in total. The lowest BCUT2D eigenvalue weighted by Crippen LogP contribution is -2.48. The average Bonchev–Trinajstić information content (AvgIpc) is 3.21. The number of hydrogen-bond donors (Lipinski definition) is 2. The molecule has 2 N–H and O–H groups in total. The normalized spacial score (nSPS) is 18.8. The Balaban J connectivity index is 1.28. The van der Waals surface area contributed by atoms with Crippen LogP contribution in [0.25, 0.3) is 0 Å². The summed E-state index contributed by atoms with van der Waals surface area (Å²) in [5.41, 5.74) is 1.74. The molecule has 2 aromatic carbocycles. The fourth-order valence-corrected chi connectivity index (χ4v) is 4.12. The zero-order valence-corrected chi connectivity index (χ0v) is 17.1. The van der Waals surface area contributed by atoms with E-state index in [1.165, 1.54) is 17.7 Å². The number of carbonyl (C=O) groups is 1. The Hall–Kier alpha value is -3.09. The fourth-order valence-electron chi connectivity index (χ4n) is 4.12. The number of piperidine rings is 1. The van der Waals surface area contributed by atoms with Crippen LogP contribution in [0.2, 0.25) is 0 Å². The SMILES string of the molecule is O=C(NCC1CCCN(C2=NCCN2Cc2ccccc2)C1)Nc1cccc(F)c1. The summed E-state index contributed by atoms with van der Waals surface area (Å²) in [5, 5.41) is 5.62. The van der Waals surface area contributed by atoms with Gasteiger partial charge in [-0.05, 0) is 42.5 Å². The second kappa shape index (κ2) is 9.61. The van der Waals surface area contributed by atoms with Crippen LogP contribution >= 0.6 is 0 Å². The average molecular weight is 410 g/mol. The van der Waals surface area contributed by atoms with Crippen LogP contribution in [0.5, 0.6) is 0 Å². The molecular weight excluding hydrogens is 381 g/mol. The lowest BCUT2D eigenvalue weighted by Gasteiger charge is -2.37.